The van der Waals surface area contributed by atoms with Crippen molar-refractivity contribution in [2.75, 3.05) is 0 Å². The predicted octanol–water partition coefficient (Wildman–Crippen LogP) is 3.57. The van der Waals surface area contributed by atoms with Gasteiger partial charge in [-0.25, -0.2) is 8.83 Å². The summed E-state index contributed by atoms with van der Waals surface area (Å²) in [7, 11) is 0. The second-order valence-electron chi connectivity index (χ2n) is 5.42. The zero-order valence-corrected chi connectivity index (χ0v) is 12.1. The molecule has 0 aliphatic heterocycles. The van der Waals surface area contributed by atoms with Crippen molar-refractivity contribution in [3.8, 4) is 11.5 Å². The Morgan fingerprint density at radius 1 is 0.700 bits per heavy atom. The lowest BCUT2D eigenvalue weighted by molar-refractivity contribution is 0.363. The van der Waals surface area contributed by atoms with E-state index in [0.29, 0.717) is 24.4 Å². The molecular formula is C16H18O4+2. The van der Waals surface area contributed by atoms with Gasteiger partial charge in [0.05, 0.1) is 25.0 Å². The van der Waals surface area contributed by atoms with Crippen molar-refractivity contribution in [2.24, 2.45) is 0 Å². The lowest BCUT2D eigenvalue weighted by Gasteiger charge is -2.12. The number of aryl methyl sites for hydroxylation is 2. The van der Waals surface area contributed by atoms with Crippen LogP contribution in [0.1, 0.15) is 45.3 Å². The van der Waals surface area contributed by atoms with Crippen molar-refractivity contribution < 1.29 is 19.0 Å². The SMILES string of the molecule is Cc1[o+]c2c(c(C)c1O)Cc1c([o+]c(C)c(O)c1C)C2. The minimum absolute atomic E-state index is 0.207. The normalized spacial score (nSPS) is 13.0. The van der Waals surface area contributed by atoms with Crippen LogP contribution < -0.4 is 0 Å². The molecule has 0 saturated heterocycles. The maximum absolute atomic E-state index is 10.0. The Balaban J connectivity index is 2.22. The fourth-order valence-electron chi connectivity index (χ4n) is 2.89. The monoisotopic (exact) mass is 274 g/mol. The zero-order valence-electron chi connectivity index (χ0n) is 12.1. The molecule has 2 aromatic rings. The van der Waals surface area contributed by atoms with Gasteiger partial charge in [-0.3, -0.25) is 0 Å². The van der Waals surface area contributed by atoms with Crippen LogP contribution in [-0.4, -0.2) is 10.2 Å². The average molecular weight is 274 g/mol. The Bertz CT molecular complexity index is 671. The molecule has 2 aromatic heterocycles. The van der Waals surface area contributed by atoms with Gasteiger partial charge in [0.2, 0.25) is 11.5 Å². The zero-order chi connectivity index (χ0) is 14.6. The smallest absolute Gasteiger partial charge is 0.367 e. The van der Waals surface area contributed by atoms with Crippen LogP contribution in [0.5, 0.6) is 11.5 Å². The summed E-state index contributed by atoms with van der Waals surface area (Å²) in [6, 6.07) is 0. The van der Waals surface area contributed by atoms with Gasteiger partial charge >= 0.3 is 23.0 Å². The van der Waals surface area contributed by atoms with E-state index in [1.165, 1.54) is 0 Å². The van der Waals surface area contributed by atoms with Crippen LogP contribution >= 0.6 is 0 Å². The number of aromatic hydroxyl groups is 2. The summed E-state index contributed by atoms with van der Waals surface area (Å²) in [5.74, 6) is 3.13. The van der Waals surface area contributed by atoms with E-state index in [9.17, 15) is 10.2 Å². The molecular weight excluding hydrogens is 256 g/mol. The molecule has 0 fully saturated rings. The molecule has 20 heavy (non-hydrogen) atoms. The minimum Gasteiger partial charge on any atom is -0.500 e. The van der Waals surface area contributed by atoms with Crippen LogP contribution in [0.2, 0.25) is 0 Å². The minimum atomic E-state index is 0.207. The van der Waals surface area contributed by atoms with E-state index in [4.69, 9.17) is 8.83 Å². The highest BCUT2D eigenvalue weighted by molar-refractivity contribution is 5.51. The first-order chi connectivity index (χ1) is 9.40. The quantitative estimate of drug-likeness (QED) is 0.615. The van der Waals surface area contributed by atoms with Crippen molar-refractivity contribution in [2.45, 2.75) is 40.5 Å². The van der Waals surface area contributed by atoms with E-state index in [2.05, 4.69) is 0 Å². The van der Waals surface area contributed by atoms with Gasteiger partial charge in [0.25, 0.3) is 0 Å². The van der Waals surface area contributed by atoms with E-state index in [-0.39, 0.29) is 11.5 Å². The first-order valence-electron chi connectivity index (χ1n) is 6.68. The van der Waals surface area contributed by atoms with E-state index in [1.54, 1.807) is 13.8 Å². The van der Waals surface area contributed by atoms with Crippen LogP contribution in [0.3, 0.4) is 0 Å². The fourth-order valence-corrected chi connectivity index (χ4v) is 2.89. The van der Waals surface area contributed by atoms with Crippen molar-refractivity contribution in [1.82, 2.24) is 0 Å². The Morgan fingerprint density at radius 3 is 1.50 bits per heavy atom. The average Bonchev–Trinajstić information content (AvgIpc) is 2.41. The summed E-state index contributed by atoms with van der Waals surface area (Å²) in [6.07, 6.45) is 1.16. The van der Waals surface area contributed by atoms with E-state index >= 15 is 0 Å². The van der Waals surface area contributed by atoms with Gasteiger partial charge < -0.3 is 10.2 Å². The highest BCUT2D eigenvalue weighted by Crippen LogP contribution is 2.39. The van der Waals surface area contributed by atoms with Gasteiger partial charge in [-0.2, -0.15) is 0 Å². The van der Waals surface area contributed by atoms with Crippen LogP contribution in [0.15, 0.2) is 8.83 Å². The molecule has 0 unspecified atom stereocenters. The molecule has 0 amide bonds. The molecule has 0 aromatic carbocycles. The highest BCUT2D eigenvalue weighted by Gasteiger charge is 2.38. The Kier molecular flexibility index (Phi) is 2.71. The lowest BCUT2D eigenvalue weighted by atomic mass is 9.88. The Labute approximate surface area is 117 Å². The molecule has 0 bridgehead atoms. The summed E-state index contributed by atoms with van der Waals surface area (Å²) in [4.78, 5) is 0. The van der Waals surface area contributed by atoms with Gasteiger partial charge in [0.1, 0.15) is 0 Å². The molecule has 2 heterocycles. The summed E-state index contributed by atoms with van der Waals surface area (Å²) in [5, 5.41) is 20.0. The summed E-state index contributed by atoms with van der Waals surface area (Å²) >= 11 is 0. The number of fused-ring (bicyclic) bond motifs is 2. The first-order valence-corrected chi connectivity index (χ1v) is 6.68. The maximum atomic E-state index is 10.0. The molecule has 4 nitrogen and oxygen atoms in total. The third-order valence-corrected chi connectivity index (χ3v) is 4.18. The van der Waals surface area contributed by atoms with Gasteiger partial charge in [-0.05, 0) is 13.8 Å². The van der Waals surface area contributed by atoms with Crippen molar-refractivity contribution in [3.63, 3.8) is 0 Å². The topological polar surface area (TPSA) is 63.1 Å². The van der Waals surface area contributed by atoms with Gasteiger partial charge in [-0.15, -0.1) is 0 Å². The predicted molar refractivity (Wildman–Crippen MR) is 74.1 cm³/mol. The molecule has 1 aliphatic carbocycles. The molecule has 3 rings (SSSR count). The molecule has 2 N–H and O–H groups in total. The molecule has 0 atom stereocenters. The molecule has 0 saturated carbocycles. The standard InChI is InChI=1S/C16H16O4/c1-7-11-5-12-8(2)16(18)10(4)20-14(12)6-13(11)19-9(3)15(7)17/h5-6H2,1-4H3/p+2. The Hall–Kier alpha value is -2.10. The van der Waals surface area contributed by atoms with E-state index in [0.717, 1.165) is 33.8 Å². The lowest BCUT2D eigenvalue weighted by Crippen LogP contribution is -2.12. The van der Waals surface area contributed by atoms with Crippen LogP contribution in [0, 0.1) is 27.7 Å². The van der Waals surface area contributed by atoms with E-state index in [1.807, 2.05) is 13.8 Å². The molecule has 1 aliphatic rings. The molecule has 0 radical (unpaired) electrons. The third kappa shape index (κ3) is 1.68. The third-order valence-electron chi connectivity index (χ3n) is 4.18. The summed E-state index contributed by atoms with van der Waals surface area (Å²) < 4.78 is 11.4. The molecule has 104 valence electrons. The Morgan fingerprint density at radius 2 is 1.10 bits per heavy atom. The number of hydrogen-bond acceptors (Lipinski definition) is 2. The van der Waals surface area contributed by atoms with E-state index < -0.39 is 0 Å². The number of hydrogen-bond donors (Lipinski definition) is 2. The largest absolute Gasteiger partial charge is 0.500 e. The molecule has 4 heteroatoms. The van der Waals surface area contributed by atoms with Gasteiger partial charge in [0, 0.05) is 17.5 Å². The second-order valence-corrected chi connectivity index (χ2v) is 5.42. The highest BCUT2D eigenvalue weighted by atomic mass is 16.4. The van der Waals surface area contributed by atoms with Crippen molar-refractivity contribution in [1.29, 1.82) is 0 Å². The fraction of sp³-hybridized carbons (Fsp3) is 0.375. The van der Waals surface area contributed by atoms with Gasteiger partial charge in [-0.1, -0.05) is 0 Å². The first kappa shape index (κ1) is 12.9. The number of rotatable bonds is 0. The van der Waals surface area contributed by atoms with Gasteiger partial charge in [0.15, 0.2) is 6.42 Å². The van der Waals surface area contributed by atoms with Crippen molar-refractivity contribution >= 4 is 0 Å². The van der Waals surface area contributed by atoms with Crippen molar-refractivity contribution in [3.05, 3.63) is 45.3 Å². The molecule has 0 spiro atoms. The summed E-state index contributed by atoms with van der Waals surface area (Å²) in [5.41, 5.74) is 3.66. The maximum Gasteiger partial charge on any atom is 0.367 e. The second kappa shape index (κ2) is 4.20. The van der Waals surface area contributed by atoms with Crippen LogP contribution in [0.25, 0.3) is 0 Å². The van der Waals surface area contributed by atoms with Crippen LogP contribution in [-0.2, 0) is 12.8 Å². The van der Waals surface area contributed by atoms with Crippen LogP contribution in [0.4, 0.5) is 0 Å². The summed E-state index contributed by atoms with van der Waals surface area (Å²) in [6.45, 7) is 7.29.